The van der Waals surface area contributed by atoms with E-state index in [1.54, 1.807) is 45.6 Å². The van der Waals surface area contributed by atoms with Crippen LogP contribution in [0.15, 0.2) is 42.5 Å². The molecule has 0 N–H and O–H groups in total. The molecule has 3 rings (SSSR count). The van der Waals surface area contributed by atoms with Crippen LogP contribution in [0.5, 0.6) is 17.2 Å². The molecule has 1 aliphatic rings. The summed E-state index contributed by atoms with van der Waals surface area (Å²) in [5, 5.41) is 0.721. The van der Waals surface area contributed by atoms with Gasteiger partial charge in [-0.2, -0.15) is 0 Å². The van der Waals surface area contributed by atoms with Crippen molar-refractivity contribution in [3.8, 4) is 17.2 Å². The second kappa shape index (κ2) is 9.56. The normalized spacial score (nSPS) is 14.2. The van der Waals surface area contributed by atoms with Crippen molar-refractivity contribution in [1.82, 2.24) is 4.90 Å². The highest BCUT2D eigenvalue weighted by molar-refractivity contribution is 6.30. The number of carbonyl (C=O) groups excluding carboxylic acids is 1. The van der Waals surface area contributed by atoms with Crippen LogP contribution in [-0.2, 0) is 4.79 Å². The Bertz CT molecular complexity index is 875. The van der Waals surface area contributed by atoms with Gasteiger partial charge in [-0.05, 0) is 36.4 Å². The lowest BCUT2D eigenvalue weighted by Gasteiger charge is -2.35. The first kappa shape index (κ1) is 20.9. The van der Waals surface area contributed by atoms with E-state index < -0.39 is 0 Å². The van der Waals surface area contributed by atoms with Gasteiger partial charge < -0.3 is 24.0 Å². The molecule has 6 nitrogen and oxygen atoms in total. The standard InChI is InChI=1S/C22H25ClN2O4/c1-27-19-15-21(29-3)20(28-2)14-16(19)4-9-22(26)25-12-10-24(11-13-25)18-7-5-17(23)6-8-18/h4-9,14-15H,10-13H2,1-3H3/b9-4+. The van der Waals surface area contributed by atoms with Crippen molar-refractivity contribution < 1.29 is 19.0 Å². The van der Waals surface area contributed by atoms with Gasteiger partial charge in [0.1, 0.15) is 5.75 Å². The molecule has 0 unspecified atom stereocenters. The number of piperazine rings is 1. The number of amides is 1. The minimum atomic E-state index is -0.0300. The average Bonchev–Trinajstić information content (AvgIpc) is 2.77. The number of halogens is 1. The van der Waals surface area contributed by atoms with Crippen LogP contribution >= 0.6 is 11.6 Å². The summed E-state index contributed by atoms with van der Waals surface area (Å²) in [6.45, 7) is 2.88. The Morgan fingerprint density at radius 3 is 2.07 bits per heavy atom. The van der Waals surface area contributed by atoms with Gasteiger partial charge in [-0.25, -0.2) is 0 Å². The van der Waals surface area contributed by atoms with Crippen LogP contribution in [0, 0.1) is 0 Å². The Morgan fingerprint density at radius 1 is 0.897 bits per heavy atom. The van der Waals surface area contributed by atoms with Gasteiger partial charge in [0.05, 0.1) is 21.3 Å². The topological polar surface area (TPSA) is 51.2 Å². The van der Waals surface area contributed by atoms with Crippen molar-refractivity contribution in [2.24, 2.45) is 0 Å². The fourth-order valence-electron chi connectivity index (χ4n) is 3.29. The fraction of sp³-hybridized carbons (Fsp3) is 0.318. The predicted octanol–water partition coefficient (Wildman–Crippen LogP) is 3.73. The second-order valence-corrected chi connectivity index (χ2v) is 7.01. The summed E-state index contributed by atoms with van der Waals surface area (Å²) >= 11 is 5.96. The minimum Gasteiger partial charge on any atom is -0.496 e. The number of carbonyl (C=O) groups is 1. The molecule has 1 fully saturated rings. The molecular weight excluding hydrogens is 392 g/mol. The van der Waals surface area contributed by atoms with E-state index >= 15 is 0 Å². The highest BCUT2D eigenvalue weighted by Gasteiger charge is 2.20. The summed E-state index contributed by atoms with van der Waals surface area (Å²) in [7, 11) is 4.72. The van der Waals surface area contributed by atoms with Gasteiger partial charge in [0, 0.05) is 54.6 Å². The van der Waals surface area contributed by atoms with Crippen LogP contribution in [-0.4, -0.2) is 58.3 Å². The number of nitrogens with zero attached hydrogens (tertiary/aromatic N) is 2. The van der Waals surface area contributed by atoms with Gasteiger partial charge in [-0.1, -0.05) is 11.6 Å². The maximum absolute atomic E-state index is 12.6. The monoisotopic (exact) mass is 416 g/mol. The van der Waals surface area contributed by atoms with Gasteiger partial charge in [0.25, 0.3) is 0 Å². The van der Waals surface area contributed by atoms with Crippen molar-refractivity contribution in [2.45, 2.75) is 0 Å². The first-order valence-corrected chi connectivity index (χ1v) is 9.71. The molecular formula is C22H25ClN2O4. The van der Waals surface area contributed by atoms with Crippen LogP contribution in [0.2, 0.25) is 5.02 Å². The SMILES string of the molecule is COc1cc(OC)c(OC)cc1/C=C/C(=O)N1CCN(c2ccc(Cl)cc2)CC1. The van der Waals surface area contributed by atoms with Crippen molar-refractivity contribution in [3.05, 3.63) is 53.1 Å². The van der Waals surface area contributed by atoms with Crippen LogP contribution in [0.1, 0.15) is 5.56 Å². The van der Waals surface area contributed by atoms with E-state index in [1.165, 1.54) is 0 Å². The van der Waals surface area contributed by atoms with Crippen molar-refractivity contribution in [3.63, 3.8) is 0 Å². The number of hydrogen-bond acceptors (Lipinski definition) is 5. The van der Waals surface area contributed by atoms with E-state index in [2.05, 4.69) is 4.90 Å². The van der Waals surface area contributed by atoms with Gasteiger partial charge in [0.2, 0.25) is 5.91 Å². The van der Waals surface area contributed by atoms with Gasteiger partial charge in [-0.3, -0.25) is 4.79 Å². The molecule has 7 heteroatoms. The molecule has 1 saturated heterocycles. The van der Waals surface area contributed by atoms with Crippen LogP contribution in [0.25, 0.3) is 6.08 Å². The molecule has 0 radical (unpaired) electrons. The lowest BCUT2D eigenvalue weighted by atomic mass is 10.1. The number of benzene rings is 2. The van der Waals surface area contributed by atoms with Crippen molar-refractivity contribution in [2.75, 3.05) is 52.4 Å². The molecule has 29 heavy (non-hydrogen) atoms. The molecule has 0 aliphatic carbocycles. The van der Waals surface area contributed by atoms with E-state index in [-0.39, 0.29) is 5.91 Å². The van der Waals surface area contributed by atoms with E-state index in [0.717, 1.165) is 29.4 Å². The molecule has 0 saturated carbocycles. The number of anilines is 1. The van der Waals surface area contributed by atoms with Crippen molar-refractivity contribution >= 4 is 29.3 Å². The molecule has 0 aromatic heterocycles. The van der Waals surface area contributed by atoms with Crippen LogP contribution in [0.3, 0.4) is 0 Å². The molecule has 2 aromatic rings. The number of ether oxygens (including phenoxy) is 3. The maximum atomic E-state index is 12.6. The number of methoxy groups -OCH3 is 3. The van der Waals surface area contributed by atoms with Gasteiger partial charge in [0.15, 0.2) is 11.5 Å². The quantitative estimate of drug-likeness (QED) is 0.671. The third-order valence-corrected chi connectivity index (χ3v) is 5.18. The second-order valence-electron chi connectivity index (χ2n) is 6.57. The zero-order valence-corrected chi connectivity index (χ0v) is 17.6. The Kier molecular flexibility index (Phi) is 6.88. The van der Waals surface area contributed by atoms with E-state index in [9.17, 15) is 4.79 Å². The average molecular weight is 417 g/mol. The molecule has 2 aromatic carbocycles. The third-order valence-electron chi connectivity index (χ3n) is 4.92. The largest absolute Gasteiger partial charge is 0.496 e. The summed E-state index contributed by atoms with van der Waals surface area (Å²) in [4.78, 5) is 16.7. The Labute approximate surface area is 176 Å². The third kappa shape index (κ3) is 4.95. The lowest BCUT2D eigenvalue weighted by molar-refractivity contribution is -0.126. The molecule has 0 bridgehead atoms. The van der Waals surface area contributed by atoms with Crippen molar-refractivity contribution in [1.29, 1.82) is 0 Å². The summed E-state index contributed by atoms with van der Waals surface area (Å²) in [5.41, 5.74) is 1.87. The maximum Gasteiger partial charge on any atom is 0.246 e. The Balaban J connectivity index is 1.65. The Morgan fingerprint density at radius 2 is 1.48 bits per heavy atom. The fourth-order valence-corrected chi connectivity index (χ4v) is 3.41. The Hall–Kier alpha value is -2.86. The molecule has 1 amide bonds. The highest BCUT2D eigenvalue weighted by Crippen LogP contribution is 2.35. The van der Waals surface area contributed by atoms with E-state index in [4.69, 9.17) is 25.8 Å². The summed E-state index contributed by atoms with van der Waals surface area (Å²) in [6.07, 6.45) is 3.32. The van der Waals surface area contributed by atoms with Crippen LogP contribution < -0.4 is 19.1 Å². The minimum absolute atomic E-state index is 0.0300. The summed E-state index contributed by atoms with van der Waals surface area (Å²) in [5.74, 6) is 1.74. The molecule has 1 heterocycles. The smallest absolute Gasteiger partial charge is 0.246 e. The van der Waals surface area contributed by atoms with E-state index in [0.29, 0.717) is 30.3 Å². The molecule has 1 aliphatic heterocycles. The first-order chi connectivity index (χ1) is 14.0. The molecule has 154 valence electrons. The zero-order valence-electron chi connectivity index (χ0n) is 16.9. The number of hydrogen-bond donors (Lipinski definition) is 0. The molecule has 0 atom stereocenters. The highest BCUT2D eigenvalue weighted by atomic mass is 35.5. The zero-order chi connectivity index (χ0) is 20.8. The first-order valence-electron chi connectivity index (χ1n) is 9.33. The lowest BCUT2D eigenvalue weighted by Crippen LogP contribution is -2.48. The predicted molar refractivity (Wildman–Crippen MR) is 115 cm³/mol. The number of rotatable bonds is 6. The summed E-state index contributed by atoms with van der Waals surface area (Å²) < 4.78 is 16.0. The summed E-state index contributed by atoms with van der Waals surface area (Å²) in [6, 6.07) is 11.3. The van der Waals surface area contributed by atoms with Gasteiger partial charge in [-0.15, -0.1) is 0 Å². The van der Waals surface area contributed by atoms with Gasteiger partial charge >= 0.3 is 0 Å². The molecule has 0 spiro atoms. The van der Waals surface area contributed by atoms with Crippen LogP contribution in [0.4, 0.5) is 5.69 Å². The van der Waals surface area contributed by atoms with E-state index in [1.807, 2.05) is 29.2 Å².